The van der Waals surface area contributed by atoms with Crippen LogP contribution in [0.3, 0.4) is 0 Å². The highest BCUT2D eigenvalue weighted by Crippen LogP contribution is 2.20. The number of hydrogen-bond donors (Lipinski definition) is 3. The molecule has 1 atom stereocenters. The Balaban J connectivity index is 0.00000392. The lowest BCUT2D eigenvalue weighted by Gasteiger charge is -2.31. The predicted octanol–water partition coefficient (Wildman–Crippen LogP) is 2.10. The summed E-state index contributed by atoms with van der Waals surface area (Å²) in [6.07, 6.45) is 11.0. The van der Waals surface area contributed by atoms with Crippen molar-refractivity contribution in [3.63, 3.8) is 0 Å². The van der Waals surface area contributed by atoms with Crippen molar-refractivity contribution in [1.82, 2.24) is 15.5 Å². The molecule has 0 aromatic carbocycles. The SMILES string of the molecule is CN=C(NCCCOC1CCCCC1)NCCCN1CCCC(C(N)=O)C1.I. The Morgan fingerprint density at radius 3 is 2.50 bits per heavy atom. The highest BCUT2D eigenvalue weighted by Gasteiger charge is 2.23. The van der Waals surface area contributed by atoms with Crippen LogP contribution in [-0.4, -0.2) is 69.2 Å². The summed E-state index contributed by atoms with van der Waals surface area (Å²) in [5.41, 5.74) is 5.44. The molecule has 4 N–H and O–H groups in total. The third kappa shape index (κ3) is 10.2. The Morgan fingerprint density at radius 2 is 1.82 bits per heavy atom. The molecule has 0 aromatic rings. The van der Waals surface area contributed by atoms with Gasteiger partial charge in [-0.05, 0) is 51.6 Å². The second-order valence-electron chi connectivity index (χ2n) is 7.81. The number of halogens is 1. The van der Waals surface area contributed by atoms with Crippen LogP contribution in [0.5, 0.6) is 0 Å². The first kappa shape index (κ1) is 25.4. The van der Waals surface area contributed by atoms with Crippen molar-refractivity contribution in [2.75, 3.05) is 46.4 Å². The lowest BCUT2D eigenvalue weighted by molar-refractivity contribution is -0.123. The molecule has 1 saturated heterocycles. The summed E-state index contributed by atoms with van der Waals surface area (Å²) < 4.78 is 5.95. The summed E-state index contributed by atoms with van der Waals surface area (Å²) >= 11 is 0. The van der Waals surface area contributed by atoms with Gasteiger partial charge in [-0.15, -0.1) is 24.0 Å². The minimum atomic E-state index is -0.158. The molecule has 1 aliphatic carbocycles. The number of primary amides is 1. The van der Waals surface area contributed by atoms with E-state index in [1.165, 1.54) is 32.1 Å². The quantitative estimate of drug-likeness (QED) is 0.182. The maximum absolute atomic E-state index is 11.3. The molecule has 0 spiro atoms. The fourth-order valence-electron chi connectivity index (χ4n) is 3.98. The molecule has 8 heteroatoms. The molecule has 0 aromatic heterocycles. The van der Waals surface area contributed by atoms with E-state index in [0.717, 1.165) is 71.0 Å². The second kappa shape index (κ2) is 15.3. The number of ether oxygens (including phenoxy) is 1. The number of piperidine rings is 1. The molecule has 7 nitrogen and oxygen atoms in total. The Labute approximate surface area is 187 Å². The van der Waals surface area contributed by atoms with Crippen LogP contribution in [0.2, 0.25) is 0 Å². The number of aliphatic imine (C=N–C) groups is 1. The van der Waals surface area contributed by atoms with Gasteiger partial charge in [-0.25, -0.2) is 0 Å². The Morgan fingerprint density at radius 1 is 1.11 bits per heavy atom. The van der Waals surface area contributed by atoms with E-state index in [1.54, 1.807) is 7.05 Å². The molecule has 28 heavy (non-hydrogen) atoms. The summed E-state index contributed by atoms with van der Waals surface area (Å²) in [5, 5.41) is 6.71. The third-order valence-electron chi connectivity index (χ3n) is 5.59. The van der Waals surface area contributed by atoms with Gasteiger partial charge in [0, 0.05) is 33.3 Å². The van der Waals surface area contributed by atoms with Crippen LogP contribution in [0.15, 0.2) is 4.99 Å². The van der Waals surface area contributed by atoms with E-state index >= 15 is 0 Å². The number of carbonyl (C=O) groups is 1. The van der Waals surface area contributed by atoms with E-state index in [4.69, 9.17) is 10.5 Å². The molecule has 2 rings (SSSR count). The first-order valence-electron chi connectivity index (χ1n) is 10.8. The summed E-state index contributed by atoms with van der Waals surface area (Å²) in [5.74, 6) is 0.716. The van der Waals surface area contributed by atoms with Crippen molar-refractivity contribution in [3.05, 3.63) is 0 Å². The van der Waals surface area contributed by atoms with Crippen molar-refractivity contribution in [1.29, 1.82) is 0 Å². The first-order chi connectivity index (χ1) is 13.2. The summed E-state index contributed by atoms with van der Waals surface area (Å²) in [6, 6.07) is 0. The maximum Gasteiger partial charge on any atom is 0.221 e. The van der Waals surface area contributed by atoms with Crippen LogP contribution in [0.1, 0.15) is 57.8 Å². The number of amides is 1. The number of hydrogen-bond acceptors (Lipinski definition) is 4. The van der Waals surface area contributed by atoms with Crippen LogP contribution in [0, 0.1) is 5.92 Å². The van der Waals surface area contributed by atoms with E-state index in [-0.39, 0.29) is 35.8 Å². The molecule has 1 saturated carbocycles. The van der Waals surface area contributed by atoms with E-state index in [0.29, 0.717) is 6.10 Å². The fraction of sp³-hybridized carbons (Fsp3) is 0.900. The largest absolute Gasteiger partial charge is 0.378 e. The van der Waals surface area contributed by atoms with Gasteiger partial charge in [-0.1, -0.05) is 19.3 Å². The second-order valence-corrected chi connectivity index (χ2v) is 7.81. The zero-order valence-electron chi connectivity index (χ0n) is 17.5. The summed E-state index contributed by atoms with van der Waals surface area (Å²) in [7, 11) is 1.80. The van der Waals surface area contributed by atoms with Gasteiger partial charge < -0.3 is 26.0 Å². The van der Waals surface area contributed by atoms with Gasteiger partial charge in [0.1, 0.15) is 0 Å². The lowest BCUT2D eigenvalue weighted by Crippen LogP contribution is -2.43. The van der Waals surface area contributed by atoms with Crippen molar-refractivity contribution in [2.45, 2.75) is 63.9 Å². The molecule has 2 fully saturated rings. The highest BCUT2D eigenvalue weighted by molar-refractivity contribution is 14.0. The zero-order valence-corrected chi connectivity index (χ0v) is 19.8. The standard InChI is InChI=1S/C20H39N5O2.HI/c1-22-20(24-12-7-15-27-18-9-3-2-4-10-18)23-11-6-14-25-13-5-8-17(16-25)19(21)26;/h17-18H,2-16H2,1H3,(H2,21,26)(H2,22,23,24);1H. The van der Waals surface area contributed by atoms with Crippen LogP contribution < -0.4 is 16.4 Å². The van der Waals surface area contributed by atoms with Crippen LogP contribution >= 0.6 is 24.0 Å². The zero-order chi connectivity index (χ0) is 19.3. The molecular weight excluding hydrogens is 469 g/mol. The Kier molecular flexibility index (Phi) is 13.9. The molecule has 1 amide bonds. The van der Waals surface area contributed by atoms with Crippen LogP contribution in [-0.2, 0) is 9.53 Å². The van der Waals surface area contributed by atoms with Crippen molar-refractivity contribution in [3.8, 4) is 0 Å². The number of likely N-dealkylation sites (tertiary alicyclic amines) is 1. The van der Waals surface area contributed by atoms with Gasteiger partial charge in [0.2, 0.25) is 5.91 Å². The summed E-state index contributed by atoms with van der Waals surface area (Å²) in [6.45, 7) is 5.43. The van der Waals surface area contributed by atoms with Crippen molar-refractivity contribution >= 4 is 35.8 Å². The van der Waals surface area contributed by atoms with Crippen LogP contribution in [0.25, 0.3) is 0 Å². The van der Waals surface area contributed by atoms with E-state index in [9.17, 15) is 4.79 Å². The number of nitrogens with zero attached hydrogens (tertiary/aromatic N) is 2. The monoisotopic (exact) mass is 509 g/mol. The Hall–Kier alpha value is -0.610. The van der Waals surface area contributed by atoms with Crippen molar-refractivity contribution in [2.24, 2.45) is 16.6 Å². The number of guanidine groups is 1. The molecule has 2 aliphatic rings. The smallest absolute Gasteiger partial charge is 0.221 e. The highest BCUT2D eigenvalue weighted by atomic mass is 127. The normalized spacial score (nSPS) is 21.8. The van der Waals surface area contributed by atoms with Gasteiger partial charge >= 0.3 is 0 Å². The average molecular weight is 509 g/mol. The molecule has 0 radical (unpaired) electrons. The van der Waals surface area contributed by atoms with Gasteiger partial charge in [0.15, 0.2) is 5.96 Å². The molecule has 164 valence electrons. The van der Waals surface area contributed by atoms with Gasteiger partial charge in [0.25, 0.3) is 0 Å². The molecule has 1 aliphatic heterocycles. The molecular formula is C20H40IN5O2. The number of rotatable bonds is 10. The fourth-order valence-corrected chi connectivity index (χ4v) is 3.98. The minimum Gasteiger partial charge on any atom is -0.378 e. The van der Waals surface area contributed by atoms with E-state index < -0.39 is 0 Å². The van der Waals surface area contributed by atoms with Crippen molar-refractivity contribution < 1.29 is 9.53 Å². The van der Waals surface area contributed by atoms with Gasteiger partial charge in [0.05, 0.1) is 12.0 Å². The molecule has 1 unspecified atom stereocenters. The third-order valence-corrected chi connectivity index (χ3v) is 5.59. The topological polar surface area (TPSA) is 92.0 Å². The average Bonchev–Trinajstić information content (AvgIpc) is 2.70. The van der Waals surface area contributed by atoms with E-state index in [2.05, 4.69) is 20.5 Å². The number of nitrogens with one attached hydrogen (secondary N) is 2. The van der Waals surface area contributed by atoms with E-state index in [1.807, 2.05) is 0 Å². The van der Waals surface area contributed by atoms with Crippen LogP contribution in [0.4, 0.5) is 0 Å². The first-order valence-corrected chi connectivity index (χ1v) is 10.8. The Bertz CT molecular complexity index is 458. The minimum absolute atomic E-state index is 0. The maximum atomic E-state index is 11.3. The predicted molar refractivity (Wildman–Crippen MR) is 125 cm³/mol. The summed E-state index contributed by atoms with van der Waals surface area (Å²) in [4.78, 5) is 18.0. The molecule has 1 heterocycles. The molecule has 0 bridgehead atoms. The van der Waals surface area contributed by atoms with Gasteiger partial charge in [-0.2, -0.15) is 0 Å². The number of nitrogens with two attached hydrogens (primary N) is 1. The van der Waals surface area contributed by atoms with Gasteiger partial charge in [-0.3, -0.25) is 9.79 Å². The lowest BCUT2D eigenvalue weighted by atomic mass is 9.97. The number of carbonyl (C=O) groups excluding carboxylic acids is 1.